The third-order valence-electron chi connectivity index (χ3n) is 4.60. The van der Waals surface area contributed by atoms with Crippen LogP contribution in [0.5, 0.6) is 5.75 Å². The summed E-state index contributed by atoms with van der Waals surface area (Å²) < 4.78 is 7.08. The van der Waals surface area contributed by atoms with Crippen LogP contribution < -0.4 is 4.74 Å². The van der Waals surface area contributed by atoms with Crippen LogP contribution in [0, 0.1) is 6.92 Å². The largest absolute Gasteiger partial charge is 0.484 e. The summed E-state index contributed by atoms with van der Waals surface area (Å²) in [5.74, 6) is -0.112. The van der Waals surface area contributed by atoms with Gasteiger partial charge >= 0.3 is 5.97 Å². The number of carbonyl (C=O) groups is 2. The van der Waals surface area contributed by atoms with Gasteiger partial charge < -0.3 is 14.7 Å². The van der Waals surface area contributed by atoms with Crippen molar-refractivity contribution in [2.75, 3.05) is 19.7 Å². The number of aromatic nitrogens is 2. The van der Waals surface area contributed by atoms with Gasteiger partial charge in [-0.05, 0) is 37.5 Å². The molecule has 0 spiro atoms. The van der Waals surface area contributed by atoms with Crippen LogP contribution in [0.3, 0.4) is 0 Å². The summed E-state index contributed by atoms with van der Waals surface area (Å²) in [5.41, 5.74) is 1.84. The number of rotatable bonds is 6. The number of para-hydroxylation sites is 1. The van der Waals surface area contributed by atoms with Gasteiger partial charge in [-0.3, -0.25) is 14.3 Å². The first-order valence-corrected chi connectivity index (χ1v) is 8.74. The van der Waals surface area contributed by atoms with Crippen LogP contribution in [0.25, 0.3) is 0 Å². The fraction of sp³-hybridized carbons (Fsp3) is 0.421. The van der Waals surface area contributed by atoms with Gasteiger partial charge in [-0.2, -0.15) is 5.10 Å². The van der Waals surface area contributed by atoms with E-state index in [9.17, 15) is 9.59 Å². The third-order valence-corrected chi connectivity index (χ3v) is 4.60. The molecule has 1 aromatic carbocycles. The van der Waals surface area contributed by atoms with E-state index in [1.165, 1.54) is 4.68 Å². The minimum atomic E-state index is -0.923. The maximum Gasteiger partial charge on any atom is 0.325 e. The lowest BCUT2D eigenvalue weighted by atomic mass is 9.95. The molecule has 7 heteroatoms. The Bertz CT molecular complexity index is 787. The number of ether oxygens (including phenoxy) is 1. The molecule has 26 heavy (non-hydrogen) atoms. The average Bonchev–Trinajstić information content (AvgIpc) is 3.08. The summed E-state index contributed by atoms with van der Waals surface area (Å²) in [7, 11) is 0. The van der Waals surface area contributed by atoms with Crippen LogP contribution in [0.2, 0.25) is 0 Å². The molecule has 138 valence electrons. The first-order valence-electron chi connectivity index (χ1n) is 8.74. The van der Waals surface area contributed by atoms with Gasteiger partial charge in [-0.15, -0.1) is 0 Å². The van der Waals surface area contributed by atoms with Crippen LogP contribution >= 0.6 is 0 Å². The SMILES string of the molecule is Cc1ccccc1OCC(=O)N1CCC[C@H](c2ccn(CC(=O)O)n2)C1. The van der Waals surface area contributed by atoms with Gasteiger partial charge in [0.15, 0.2) is 6.61 Å². The molecule has 1 atom stereocenters. The van der Waals surface area contributed by atoms with Gasteiger partial charge in [-0.25, -0.2) is 0 Å². The quantitative estimate of drug-likeness (QED) is 0.855. The Morgan fingerprint density at radius 2 is 2.12 bits per heavy atom. The summed E-state index contributed by atoms with van der Waals surface area (Å²) in [6.07, 6.45) is 3.50. The van der Waals surface area contributed by atoms with Crippen molar-refractivity contribution in [1.29, 1.82) is 0 Å². The van der Waals surface area contributed by atoms with Crippen molar-refractivity contribution in [2.45, 2.75) is 32.2 Å². The number of likely N-dealkylation sites (tertiary alicyclic amines) is 1. The minimum absolute atomic E-state index is 0.0189. The number of carboxylic acids is 1. The molecular weight excluding hydrogens is 334 g/mol. The highest BCUT2D eigenvalue weighted by Gasteiger charge is 2.26. The Hall–Kier alpha value is -2.83. The van der Waals surface area contributed by atoms with E-state index in [-0.39, 0.29) is 25.0 Å². The standard InChI is InChI=1S/C19H23N3O4/c1-14-5-2-3-7-17(14)26-13-18(23)21-9-4-6-15(11-21)16-8-10-22(20-16)12-19(24)25/h2-3,5,7-8,10,15H,4,6,9,11-13H2,1H3,(H,24,25)/t15-/m0/s1. The topological polar surface area (TPSA) is 84.7 Å². The van der Waals surface area contributed by atoms with E-state index < -0.39 is 5.97 Å². The average molecular weight is 357 g/mol. The van der Waals surface area contributed by atoms with Crippen LogP contribution in [0.4, 0.5) is 0 Å². The number of nitrogens with zero attached hydrogens (tertiary/aromatic N) is 3. The van der Waals surface area contributed by atoms with E-state index in [0.29, 0.717) is 13.1 Å². The van der Waals surface area contributed by atoms with Crippen molar-refractivity contribution in [3.63, 3.8) is 0 Å². The summed E-state index contributed by atoms with van der Waals surface area (Å²) in [6.45, 7) is 3.11. The van der Waals surface area contributed by atoms with Crippen molar-refractivity contribution in [2.24, 2.45) is 0 Å². The molecule has 3 rings (SSSR count). The molecular formula is C19H23N3O4. The van der Waals surface area contributed by atoms with Crippen molar-refractivity contribution in [1.82, 2.24) is 14.7 Å². The maximum absolute atomic E-state index is 12.5. The molecule has 1 N–H and O–H groups in total. The van der Waals surface area contributed by atoms with E-state index in [4.69, 9.17) is 9.84 Å². The predicted octanol–water partition coefficient (Wildman–Crippen LogP) is 2.06. The molecule has 1 amide bonds. The molecule has 1 aromatic heterocycles. The smallest absolute Gasteiger partial charge is 0.325 e. The summed E-state index contributed by atoms with van der Waals surface area (Å²) in [6, 6.07) is 9.46. The fourth-order valence-electron chi connectivity index (χ4n) is 3.22. The molecule has 2 heterocycles. The second-order valence-corrected chi connectivity index (χ2v) is 6.56. The van der Waals surface area contributed by atoms with Crippen molar-refractivity contribution in [3.8, 4) is 5.75 Å². The first-order chi connectivity index (χ1) is 12.5. The second-order valence-electron chi connectivity index (χ2n) is 6.56. The van der Waals surface area contributed by atoms with Crippen LogP contribution in [-0.4, -0.2) is 51.4 Å². The Balaban J connectivity index is 1.57. The van der Waals surface area contributed by atoms with Gasteiger partial charge in [0.05, 0.1) is 5.69 Å². The zero-order valence-electron chi connectivity index (χ0n) is 14.8. The van der Waals surface area contributed by atoms with Gasteiger partial charge in [-0.1, -0.05) is 18.2 Å². The molecule has 0 saturated carbocycles. The molecule has 0 radical (unpaired) electrons. The molecule has 1 saturated heterocycles. The maximum atomic E-state index is 12.5. The van der Waals surface area contributed by atoms with Gasteiger partial charge in [0.25, 0.3) is 5.91 Å². The first kappa shape index (κ1) is 18.0. The zero-order valence-corrected chi connectivity index (χ0v) is 14.8. The number of piperidine rings is 1. The van der Waals surface area contributed by atoms with Crippen LogP contribution in [-0.2, 0) is 16.1 Å². The zero-order chi connectivity index (χ0) is 18.5. The number of hydrogen-bond donors (Lipinski definition) is 1. The molecule has 1 aliphatic heterocycles. The van der Waals surface area contributed by atoms with Crippen LogP contribution in [0.15, 0.2) is 36.5 Å². The summed E-state index contributed by atoms with van der Waals surface area (Å²) in [5, 5.41) is 13.2. The molecule has 0 bridgehead atoms. The van der Waals surface area contributed by atoms with E-state index in [2.05, 4.69) is 5.10 Å². The minimum Gasteiger partial charge on any atom is -0.484 e. The lowest BCUT2D eigenvalue weighted by Gasteiger charge is -2.32. The molecule has 1 fully saturated rings. The molecule has 0 aliphatic carbocycles. The number of hydrogen-bond acceptors (Lipinski definition) is 4. The molecule has 2 aromatic rings. The van der Waals surface area contributed by atoms with Crippen molar-refractivity contribution < 1.29 is 19.4 Å². The Kier molecular flexibility index (Phi) is 5.55. The Labute approximate surface area is 152 Å². The number of aliphatic carboxylic acids is 1. The molecule has 7 nitrogen and oxygen atoms in total. The summed E-state index contributed by atoms with van der Waals surface area (Å²) >= 11 is 0. The third kappa shape index (κ3) is 4.41. The lowest BCUT2D eigenvalue weighted by Crippen LogP contribution is -2.41. The number of benzene rings is 1. The second kappa shape index (κ2) is 8.03. The van der Waals surface area contributed by atoms with Gasteiger partial charge in [0, 0.05) is 25.2 Å². The van der Waals surface area contributed by atoms with Crippen molar-refractivity contribution >= 4 is 11.9 Å². The summed E-state index contributed by atoms with van der Waals surface area (Å²) in [4.78, 5) is 25.1. The highest BCUT2D eigenvalue weighted by Crippen LogP contribution is 2.26. The molecule has 0 unspecified atom stereocenters. The van der Waals surface area contributed by atoms with E-state index in [1.54, 1.807) is 6.20 Å². The van der Waals surface area contributed by atoms with Gasteiger partial charge in [0.2, 0.25) is 0 Å². The number of carboxylic acid groups (broad SMARTS) is 1. The lowest BCUT2D eigenvalue weighted by molar-refractivity contribution is -0.138. The van der Waals surface area contributed by atoms with Crippen LogP contribution in [0.1, 0.15) is 30.0 Å². The highest BCUT2D eigenvalue weighted by molar-refractivity contribution is 5.78. The van der Waals surface area contributed by atoms with E-state index in [0.717, 1.165) is 29.8 Å². The van der Waals surface area contributed by atoms with Gasteiger partial charge in [0.1, 0.15) is 12.3 Å². The number of amides is 1. The monoisotopic (exact) mass is 357 g/mol. The molecule has 1 aliphatic rings. The van der Waals surface area contributed by atoms with E-state index >= 15 is 0 Å². The Morgan fingerprint density at radius 1 is 1.31 bits per heavy atom. The fourth-order valence-corrected chi connectivity index (χ4v) is 3.22. The number of carbonyl (C=O) groups excluding carboxylic acids is 1. The normalized spacial score (nSPS) is 17.1. The highest BCUT2D eigenvalue weighted by atomic mass is 16.5. The predicted molar refractivity (Wildman–Crippen MR) is 95.1 cm³/mol. The Morgan fingerprint density at radius 3 is 2.88 bits per heavy atom. The number of aryl methyl sites for hydroxylation is 1. The van der Waals surface area contributed by atoms with E-state index in [1.807, 2.05) is 42.2 Å². The van der Waals surface area contributed by atoms with Crippen molar-refractivity contribution in [3.05, 3.63) is 47.8 Å².